The number of likely N-dealkylation sites (tertiary alicyclic amines) is 2. The molecular formula is C17H31N3O2. The fourth-order valence-corrected chi connectivity index (χ4v) is 3.26. The van der Waals surface area contributed by atoms with Crippen molar-refractivity contribution in [2.75, 3.05) is 26.2 Å². The number of piperidine rings is 2. The molecule has 126 valence electrons. The molecule has 0 bridgehead atoms. The van der Waals surface area contributed by atoms with Crippen molar-refractivity contribution in [1.82, 2.24) is 15.1 Å². The molecule has 0 aromatic heterocycles. The lowest BCUT2D eigenvalue weighted by Crippen LogP contribution is -2.51. The molecule has 0 atom stereocenters. The number of hydrogen-bond acceptors (Lipinski definition) is 2. The predicted molar refractivity (Wildman–Crippen MR) is 87.6 cm³/mol. The second-order valence-electron chi connectivity index (χ2n) is 7.76. The summed E-state index contributed by atoms with van der Waals surface area (Å²) < 4.78 is 0. The Bertz CT molecular complexity index is 389. The van der Waals surface area contributed by atoms with Gasteiger partial charge in [-0.1, -0.05) is 0 Å². The summed E-state index contributed by atoms with van der Waals surface area (Å²) in [6.07, 6.45) is 6.10. The molecule has 22 heavy (non-hydrogen) atoms. The first-order valence-electron chi connectivity index (χ1n) is 8.70. The Hall–Kier alpha value is -1.26. The zero-order valence-electron chi connectivity index (χ0n) is 14.4. The number of carbonyl (C=O) groups excluding carboxylic acids is 2. The van der Waals surface area contributed by atoms with Gasteiger partial charge < -0.3 is 15.1 Å². The van der Waals surface area contributed by atoms with E-state index in [1.54, 1.807) is 0 Å². The Morgan fingerprint density at radius 2 is 1.55 bits per heavy atom. The Labute approximate surface area is 134 Å². The van der Waals surface area contributed by atoms with Crippen LogP contribution < -0.4 is 5.32 Å². The summed E-state index contributed by atoms with van der Waals surface area (Å²) in [6, 6.07) is 0.0216. The molecule has 1 N–H and O–H groups in total. The van der Waals surface area contributed by atoms with Crippen LogP contribution in [0.4, 0.5) is 4.79 Å². The number of rotatable bonds is 2. The van der Waals surface area contributed by atoms with E-state index in [0.29, 0.717) is 18.2 Å². The fourth-order valence-electron chi connectivity index (χ4n) is 3.26. The summed E-state index contributed by atoms with van der Waals surface area (Å²) in [7, 11) is 0. The minimum Gasteiger partial charge on any atom is -0.343 e. The Morgan fingerprint density at radius 3 is 2.09 bits per heavy atom. The van der Waals surface area contributed by atoms with E-state index in [4.69, 9.17) is 0 Å². The first-order valence-corrected chi connectivity index (χ1v) is 8.70. The molecule has 0 aliphatic carbocycles. The highest BCUT2D eigenvalue weighted by molar-refractivity contribution is 5.77. The average molecular weight is 309 g/mol. The van der Waals surface area contributed by atoms with Gasteiger partial charge in [-0.2, -0.15) is 0 Å². The Balaban J connectivity index is 1.72. The molecule has 0 spiro atoms. The molecule has 2 aliphatic rings. The molecule has 0 saturated carbocycles. The minimum atomic E-state index is -0.196. The molecule has 2 saturated heterocycles. The molecule has 0 aromatic rings. The molecule has 2 aliphatic heterocycles. The highest BCUT2D eigenvalue weighted by Crippen LogP contribution is 2.22. The number of amides is 3. The third kappa shape index (κ3) is 5.18. The van der Waals surface area contributed by atoms with Gasteiger partial charge in [0.25, 0.3) is 0 Å². The molecule has 0 aromatic carbocycles. The molecule has 2 fully saturated rings. The number of hydrogen-bond donors (Lipinski definition) is 1. The summed E-state index contributed by atoms with van der Waals surface area (Å²) >= 11 is 0. The van der Waals surface area contributed by atoms with Gasteiger partial charge in [-0.05, 0) is 58.8 Å². The number of nitrogens with one attached hydrogen (secondary N) is 1. The van der Waals surface area contributed by atoms with Crippen molar-refractivity contribution in [3.8, 4) is 0 Å². The van der Waals surface area contributed by atoms with Crippen molar-refractivity contribution < 1.29 is 9.59 Å². The summed E-state index contributed by atoms with van der Waals surface area (Å²) in [6.45, 7) is 9.38. The van der Waals surface area contributed by atoms with Gasteiger partial charge in [0.05, 0.1) is 0 Å². The highest BCUT2D eigenvalue weighted by Gasteiger charge is 2.27. The maximum Gasteiger partial charge on any atom is 0.317 e. The quantitative estimate of drug-likeness (QED) is 0.852. The van der Waals surface area contributed by atoms with Crippen molar-refractivity contribution in [2.24, 2.45) is 5.92 Å². The molecule has 5 nitrogen and oxygen atoms in total. The van der Waals surface area contributed by atoms with E-state index in [2.05, 4.69) is 5.32 Å². The van der Waals surface area contributed by atoms with Crippen LogP contribution in [0, 0.1) is 5.92 Å². The SMILES string of the molecule is CC(C)(C)NC(=O)N1CCC(CC(=O)N2CCCCC2)CC1. The first kappa shape index (κ1) is 17.1. The van der Waals surface area contributed by atoms with E-state index in [9.17, 15) is 9.59 Å². The third-order valence-corrected chi connectivity index (χ3v) is 4.56. The lowest BCUT2D eigenvalue weighted by atomic mass is 9.92. The van der Waals surface area contributed by atoms with Gasteiger partial charge in [0.15, 0.2) is 0 Å². The zero-order chi connectivity index (χ0) is 16.2. The smallest absolute Gasteiger partial charge is 0.317 e. The van der Waals surface area contributed by atoms with Crippen LogP contribution in [0.2, 0.25) is 0 Å². The van der Waals surface area contributed by atoms with Gasteiger partial charge in [-0.25, -0.2) is 4.79 Å². The van der Waals surface area contributed by atoms with E-state index >= 15 is 0 Å². The number of carbonyl (C=O) groups is 2. The standard InChI is InChI=1S/C17H31N3O2/c1-17(2,3)18-16(22)20-11-7-14(8-12-20)13-15(21)19-9-5-4-6-10-19/h14H,4-13H2,1-3H3,(H,18,22). The van der Waals surface area contributed by atoms with Crippen molar-refractivity contribution >= 4 is 11.9 Å². The monoisotopic (exact) mass is 309 g/mol. The maximum atomic E-state index is 12.3. The number of nitrogens with zero attached hydrogens (tertiary/aromatic N) is 2. The lowest BCUT2D eigenvalue weighted by molar-refractivity contribution is -0.133. The van der Waals surface area contributed by atoms with Gasteiger partial charge in [-0.3, -0.25) is 4.79 Å². The summed E-state index contributed by atoms with van der Waals surface area (Å²) in [5, 5.41) is 3.01. The average Bonchev–Trinajstić information content (AvgIpc) is 2.47. The first-order chi connectivity index (χ1) is 10.3. The lowest BCUT2D eigenvalue weighted by Gasteiger charge is -2.35. The van der Waals surface area contributed by atoms with Crippen LogP contribution in [0.25, 0.3) is 0 Å². The van der Waals surface area contributed by atoms with Crippen LogP contribution in [0.1, 0.15) is 59.3 Å². The van der Waals surface area contributed by atoms with Crippen molar-refractivity contribution in [3.63, 3.8) is 0 Å². The summed E-state index contributed by atoms with van der Waals surface area (Å²) in [5.41, 5.74) is -0.196. The fraction of sp³-hybridized carbons (Fsp3) is 0.882. The highest BCUT2D eigenvalue weighted by atomic mass is 16.2. The van der Waals surface area contributed by atoms with Crippen molar-refractivity contribution in [2.45, 2.75) is 64.8 Å². The van der Waals surface area contributed by atoms with Crippen LogP contribution in [0.15, 0.2) is 0 Å². The van der Waals surface area contributed by atoms with E-state index in [1.807, 2.05) is 30.6 Å². The molecule has 5 heteroatoms. The Morgan fingerprint density at radius 1 is 0.955 bits per heavy atom. The largest absolute Gasteiger partial charge is 0.343 e. The van der Waals surface area contributed by atoms with Gasteiger partial charge >= 0.3 is 6.03 Å². The predicted octanol–water partition coefficient (Wildman–Crippen LogP) is 2.61. The normalized spacial score (nSPS) is 20.9. The van der Waals surface area contributed by atoms with Crippen LogP contribution in [-0.2, 0) is 4.79 Å². The maximum absolute atomic E-state index is 12.3. The minimum absolute atomic E-state index is 0.0216. The molecular weight excluding hydrogens is 278 g/mol. The summed E-state index contributed by atoms with van der Waals surface area (Å²) in [4.78, 5) is 28.3. The van der Waals surface area contributed by atoms with Crippen molar-refractivity contribution in [3.05, 3.63) is 0 Å². The van der Waals surface area contributed by atoms with Crippen LogP contribution in [0.3, 0.4) is 0 Å². The molecule has 2 rings (SSSR count). The second kappa shape index (κ2) is 7.34. The van der Waals surface area contributed by atoms with Gasteiger partial charge in [-0.15, -0.1) is 0 Å². The van der Waals surface area contributed by atoms with E-state index in [0.717, 1.165) is 51.9 Å². The van der Waals surface area contributed by atoms with E-state index in [1.165, 1.54) is 6.42 Å². The second-order valence-corrected chi connectivity index (χ2v) is 7.76. The van der Waals surface area contributed by atoms with Crippen LogP contribution in [0.5, 0.6) is 0 Å². The molecule has 0 radical (unpaired) electrons. The van der Waals surface area contributed by atoms with E-state index in [-0.39, 0.29) is 11.6 Å². The van der Waals surface area contributed by atoms with Crippen LogP contribution >= 0.6 is 0 Å². The van der Waals surface area contributed by atoms with Gasteiger partial charge in [0.2, 0.25) is 5.91 Å². The topological polar surface area (TPSA) is 52.7 Å². The van der Waals surface area contributed by atoms with Gasteiger partial charge in [0, 0.05) is 38.1 Å². The van der Waals surface area contributed by atoms with E-state index < -0.39 is 0 Å². The molecule has 2 heterocycles. The molecule has 0 unspecified atom stereocenters. The zero-order valence-corrected chi connectivity index (χ0v) is 14.4. The number of urea groups is 1. The van der Waals surface area contributed by atoms with Crippen molar-refractivity contribution in [1.29, 1.82) is 0 Å². The van der Waals surface area contributed by atoms with Crippen LogP contribution in [-0.4, -0.2) is 53.5 Å². The third-order valence-electron chi connectivity index (χ3n) is 4.56. The molecule has 3 amide bonds. The summed E-state index contributed by atoms with van der Waals surface area (Å²) in [5.74, 6) is 0.755. The Kier molecular flexibility index (Phi) is 5.70. The van der Waals surface area contributed by atoms with Gasteiger partial charge in [0.1, 0.15) is 0 Å².